The minimum absolute atomic E-state index is 0.0898. The molecule has 3 heterocycles. The molecular formula is C27H25N3O4S2. The highest BCUT2D eigenvalue weighted by Gasteiger charge is 2.48. The molecule has 4 atom stereocenters. The number of thiophene rings is 2. The fraction of sp³-hybridized carbons (Fsp3) is 0.481. The molecule has 3 aromatic heterocycles. The van der Waals surface area contributed by atoms with E-state index in [-0.39, 0.29) is 58.2 Å². The molecule has 184 valence electrons. The number of nitrogens with zero attached hydrogens (tertiary/aromatic N) is 3. The van der Waals surface area contributed by atoms with Gasteiger partial charge in [0.2, 0.25) is 0 Å². The minimum atomic E-state index is -0.185. The first-order valence-electron chi connectivity index (χ1n) is 12.8. The number of aromatic nitrogens is 1. The summed E-state index contributed by atoms with van der Waals surface area (Å²) in [6.45, 7) is 0. The Morgan fingerprint density at radius 2 is 0.972 bits per heavy atom. The average molecular weight is 520 g/mol. The van der Waals surface area contributed by atoms with Crippen LogP contribution in [0.5, 0.6) is 0 Å². The molecule has 36 heavy (non-hydrogen) atoms. The number of hydrogen-bond acceptors (Lipinski definition) is 8. The molecule has 4 unspecified atom stereocenters. The molecule has 0 bridgehead atoms. The highest BCUT2D eigenvalue weighted by molar-refractivity contribution is 7.30. The molecule has 7 nitrogen and oxygen atoms in total. The molecule has 3 aromatic rings. The number of aliphatic imine (C=N–C) groups is 2. The highest BCUT2D eigenvalue weighted by Crippen LogP contribution is 2.46. The van der Waals surface area contributed by atoms with Crippen LogP contribution in [0.15, 0.2) is 22.1 Å². The smallest absolute Gasteiger partial charge is 0.188 e. The molecule has 0 aromatic carbocycles. The molecule has 7 rings (SSSR count). The Morgan fingerprint density at radius 3 is 1.31 bits per heavy atom. The maximum atomic E-state index is 12.9. The first-order valence-corrected chi connectivity index (χ1v) is 14.4. The van der Waals surface area contributed by atoms with Gasteiger partial charge in [-0.3, -0.25) is 19.2 Å². The van der Waals surface area contributed by atoms with E-state index >= 15 is 0 Å². The van der Waals surface area contributed by atoms with Crippen LogP contribution in [0.25, 0.3) is 20.4 Å². The second-order valence-electron chi connectivity index (χ2n) is 10.5. The quantitative estimate of drug-likeness (QED) is 0.445. The first-order chi connectivity index (χ1) is 17.4. The molecule has 4 aliphatic carbocycles. The Bertz CT molecular complexity index is 1400. The number of rotatable bonds is 2. The van der Waals surface area contributed by atoms with Gasteiger partial charge in [-0.2, -0.15) is 0 Å². The molecule has 0 spiro atoms. The summed E-state index contributed by atoms with van der Waals surface area (Å²) in [6, 6.07) is 3.87. The van der Waals surface area contributed by atoms with Crippen LogP contribution in [0.3, 0.4) is 0 Å². The number of ketones is 4. The van der Waals surface area contributed by atoms with Crippen LogP contribution in [0.4, 0.5) is 10.0 Å². The predicted octanol–water partition coefficient (Wildman–Crippen LogP) is 5.52. The van der Waals surface area contributed by atoms with Crippen molar-refractivity contribution in [3.8, 4) is 0 Å². The second-order valence-corrected chi connectivity index (χ2v) is 12.6. The third-order valence-electron chi connectivity index (χ3n) is 8.58. The molecule has 9 heteroatoms. The number of carbonyl (C=O) groups is 4. The molecule has 0 radical (unpaired) electrons. The first kappa shape index (κ1) is 22.4. The van der Waals surface area contributed by atoms with Crippen molar-refractivity contribution in [3.05, 3.63) is 12.1 Å². The lowest BCUT2D eigenvalue weighted by Crippen LogP contribution is -2.21. The van der Waals surface area contributed by atoms with Crippen molar-refractivity contribution in [2.45, 2.75) is 51.4 Å². The molecule has 4 aliphatic rings. The molecular weight excluding hydrogens is 494 g/mol. The third-order valence-corrected chi connectivity index (χ3v) is 10.8. The molecule has 0 amide bonds. The third kappa shape index (κ3) is 3.14. The zero-order valence-electron chi connectivity index (χ0n) is 19.9. The lowest BCUT2D eigenvalue weighted by atomic mass is 9.81. The van der Waals surface area contributed by atoms with Crippen LogP contribution in [0.2, 0.25) is 0 Å². The van der Waals surface area contributed by atoms with Gasteiger partial charge in [-0.1, -0.05) is 25.7 Å². The van der Waals surface area contributed by atoms with Crippen molar-refractivity contribution in [1.29, 1.82) is 0 Å². The zero-order valence-corrected chi connectivity index (χ0v) is 21.5. The van der Waals surface area contributed by atoms with Gasteiger partial charge in [0.05, 0.1) is 20.4 Å². The Balaban J connectivity index is 1.25. The predicted molar refractivity (Wildman–Crippen MR) is 141 cm³/mol. The average Bonchev–Trinajstić information content (AvgIpc) is 3.65. The van der Waals surface area contributed by atoms with Crippen LogP contribution in [0, 0.1) is 23.7 Å². The molecule has 4 fully saturated rings. The molecule has 0 aliphatic heterocycles. The van der Waals surface area contributed by atoms with Gasteiger partial charge < -0.3 is 4.57 Å². The number of hydrogen-bond donors (Lipinski definition) is 0. The zero-order chi connectivity index (χ0) is 24.7. The highest BCUT2D eigenvalue weighted by atomic mass is 32.1. The SMILES string of the molecule is Cn1c2cc(N=C3C(=O)C4CCCCC4C3=O)sc2c2sc(N=C3C(=O)C4CCCCC4C3=O)cc21. The monoisotopic (exact) mass is 519 g/mol. The van der Waals surface area contributed by atoms with E-state index in [2.05, 4.69) is 9.98 Å². The fourth-order valence-electron chi connectivity index (χ4n) is 6.70. The minimum Gasteiger partial charge on any atom is -0.342 e. The summed E-state index contributed by atoms with van der Waals surface area (Å²) >= 11 is 2.92. The number of fused-ring (bicyclic) bond motifs is 5. The van der Waals surface area contributed by atoms with E-state index in [1.807, 2.05) is 23.7 Å². The van der Waals surface area contributed by atoms with Crippen molar-refractivity contribution < 1.29 is 19.2 Å². The van der Waals surface area contributed by atoms with Crippen LogP contribution in [0.1, 0.15) is 51.4 Å². The van der Waals surface area contributed by atoms with Gasteiger partial charge in [-0.15, -0.1) is 22.7 Å². The topological polar surface area (TPSA) is 97.9 Å². The summed E-state index contributed by atoms with van der Waals surface area (Å²) < 4.78 is 4.06. The van der Waals surface area contributed by atoms with E-state index < -0.39 is 0 Å². The summed E-state index contributed by atoms with van der Waals surface area (Å²) in [5, 5.41) is 1.30. The Hall–Kier alpha value is -2.78. The maximum absolute atomic E-state index is 12.9. The largest absolute Gasteiger partial charge is 0.342 e. The Kier molecular flexibility index (Phi) is 5.05. The van der Waals surface area contributed by atoms with E-state index in [4.69, 9.17) is 0 Å². The van der Waals surface area contributed by atoms with Crippen molar-refractivity contribution in [1.82, 2.24) is 4.57 Å². The standard InChI is InChI=1S/C27H25N3O4S2/c1-30-16-10-18(28-20-22(31)12-6-2-3-7-13(12)23(20)32)35-26(16)27-17(30)11-19(36-27)29-21-24(33)14-8-4-5-9-15(14)25(21)34/h10-15H,2-9H2,1H3. The normalized spacial score (nSPS) is 28.5. The van der Waals surface area contributed by atoms with E-state index in [1.165, 1.54) is 22.7 Å². The summed E-state index contributed by atoms with van der Waals surface area (Å²) in [7, 11) is 1.96. The van der Waals surface area contributed by atoms with Crippen LogP contribution in [-0.4, -0.2) is 39.1 Å². The summed E-state index contributed by atoms with van der Waals surface area (Å²) in [6.07, 6.45) is 7.14. The van der Waals surface area contributed by atoms with Gasteiger partial charge in [0, 0.05) is 30.7 Å². The Labute approximate surface area is 215 Å². The van der Waals surface area contributed by atoms with E-state index in [1.54, 1.807) is 0 Å². The lowest BCUT2D eigenvalue weighted by Gasteiger charge is -2.20. The maximum Gasteiger partial charge on any atom is 0.188 e. The summed E-state index contributed by atoms with van der Waals surface area (Å²) in [5.74, 6) is -1.10. The summed E-state index contributed by atoms with van der Waals surface area (Å²) in [4.78, 5) is 60.7. The van der Waals surface area contributed by atoms with Gasteiger partial charge in [0.25, 0.3) is 0 Å². The van der Waals surface area contributed by atoms with Crippen molar-refractivity contribution in [3.63, 3.8) is 0 Å². The Morgan fingerprint density at radius 1 is 0.639 bits per heavy atom. The van der Waals surface area contributed by atoms with E-state index in [0.717, 1.165) is 71.8 Å². The van der Waals surface area contributed by atoms with E-state index in [0.29, 0.717) is 10.0 Å². The van der Waals surface area contributed by atoms with Gasteiger partial charge in [-0.05, 0) is 37.8 Å². The molecule has 4 saturated carbocycles. The number of Topliss-reactive ketones (excluding diaryl/α,β-unsaturated/α-hetero) is 4. The van der Waals surface area contributed by atoms with Crippen molar-refractivity contribution >= 4 is 87.7 Å². The van der Waals surface area contributed by atoms with E-state index in [9.17, 15) is 19.2 Å². The van der Waals surface area contributed by atoms with Gasteiger partial charge >= 0.3 is 0 Å². The fourth-order valence-corrected chi connectivity index (χ4v) is 8.98. The van der Waals surface area contributed by atoms with Crippen molar-refractivity contribution in [2.75, 3.05) is 0 Å². The molecule has 0 N–H and O–H groups in total. The number of carbonyl (C=O) groups excluding carboxylic acids is 4. The van der Waals surface area contributed by atoms with Crippen LogP contribution < -0.4 is 0 Å². The van der Waals surface area contributed by atoms with Crippen molar-refractivity contribution in [2.24, 2.45) is 40.7 Å². The lowest BCUT2D eigenvalue weighted by molar-refractivity contribution is -0.120. The second kappa shape index (κ2) is 8.11. The molecule has 0 saturated heterocycles. The van der Waals surface area contributed by atoms with Crippen LogP contribution in [-0.2, 0) is 26.2 Å². The van der Waals surface area contributed by atoms with Gasteiger partial charge in [0.15, 0.2) is 34.6 Å². The number of aryl methyl sites for hydroxylation is 1. The summed E-state index contributed by atoms with van der Waals surface area (Å²) in [5.41, 5.74) is 2.20. The van der Waals surface area contributed by atoms with Crippen LogP contribution >= 0.6 is 22.7 Å². The van der Waals surface area contributed by atoms with Gasteiger partial charge in [0.1, 0.15) is 10.0 Å². The van der Waals surface area contributed by atoms with Gasteiger partial charge in [-0.25, -0.2) is 9.98 Å².